The first-order valence-corrected chi connectivity index (χ1v) is 7.34. The van der Waals surface area contributed by atoms with E-state index < -0.39 is 0 Å². The zero-order valence-electron chi connectivity index (χ0n) is 11.9. The van der Waals surface area contributed by atoms with Crippen LogP contribution in [0.5, 0.6) is 0 Å². The molecule has 1 N–H and O–H groups in total. The lowest BCUT2D eigenvalue weighted by Gasteiger charge is -2.59. The third-order valence-corrected chi connectivity index (χ3v) is 5.53. The molecule has 1 aromatic carbocycles. The number of rotatable bonds is 3. The molecule has 1 nitrogen and oxygen atoms in total. The van der Waals surface area contributed by atoms with Crippen molar-refractivity contribution in [3.8, 4) is 0 Å². The maximum Gasteiger partial charge on any atom is 0.0208 e. The fourth-order valence-electron chi connectivity index (χ4n) is 3.84. The topological polar surface area (TPSA) is 12.0 Å². The summed E-state index contributed by atoms with van der Waals surface area (Å²) in [7, 11) is 0. The molecule has 0 aromatic heterocycles. The van der Waals surface area contributed by atoms with E-state index in [9.17, 15) is 0 Å². The van der Waals surface area contributed by atoms with Crippen molar-refractivity contribution < 1.29 is 0 Å². The van der Waals surface area contributed by atoms with Crippen LogP contribution in [0.1, 0.15) is 44.2 Å². The summed E-state index contributed by atoms with van der Waals surface area (Å²) >= 11 is 0. The molecule has 98 valence electrons. The van der Waals surface area contributed by atoms with Gasteiger partial charge in [0.05, 0.1) is 0 Å². The first-order valence-electron chi connectivity index (χ1n) is 7.34. The second-order valence-corrected chi connectivity index (χ2v) is 6.99. The fraction of sp³-hybridized carbons (Fsp3) is 0.647. The van der Waals surface area contributed by atoms with Gasteiger partial charge in [0.15, 0.2) is 0 Å². The van der Waals surface area contributed by atoms with Gasteiger partial charge in [-0.2, -0.15) is 0 Å². The zero-order valence-corrected chi connectivity index (χ0v) is 11.9. The van der Waals surface area contributed by atoms with E-state index in [-0.39, 0.29) is 0 Å². The Bertz CT molecular complexity index is 404. The van der Waals surface area contributed by atoms with E-state index in [0.29, 0.717) is 5.41 Å². The largest absolute Gasteiger partial charge is 0.310 e. The highest BCUT2D eigenvalue weighted by molar-refractivity contribution is 5.21. The number of hydrogen-bond acceptors (Lipinski definition) is 1. The Kier molecular flexibility index (Phi) is 2.97. The maximum atomic E-state index is 3.76. The van der Waals surface area contributed by atoms with E-state index >= 15 is 0 Å². The molecule has 4 rings (SSSR count). The summed E-state index contributed by atoms with van der Waals surface area (Å²) in [5.41, 5.74) is 3.39. The van der Waals surface area contributed by atoms with Gasteiger partial charge in [0.25, 0.3) is 0 Å². The molecule has 3 aliphatic rings. The summed E-state index contributed by atoms with van der Waals surface area (Å²) < 4.78 is 0. The molecule has 0 heterocycles. The summed E-state index contributed by atoms with van der Waals surface area (Å²) in [6.07, 6.45) is 4.25. The summed E-state index contributed by atoms with van der Waals surface area (Å²) in [6.45, 7) is 8.10. The molecular formula is C17H25N. The minimum Gasteiger partial charge on any atom is -0.310 e. The average Bonchev–Trinajstić information content (AvgIpc) is 2.38. The first kappa shape index (κ1) is 12.2. The molecule has 1 heteroatoms. The van der Waals surface area contributed by atoms with E-state index in [0.717, 1.165) is 24.4 Å². The molecule has 2 atom stereocenters. The predicted molar refractivity (Wildman–Crippen MR) is 76.4 cm³/mol. The molecule has 0 spiro atoms. The average molecular weight is 243 g/mol. The highest BCUT2D eigenvalue weighted by Gasteiger charge is 2.52. The van der Waals surface area contributed by atoms with Gasteiger partial charge in [-0.25, -0.2) is 0 Å². The SMILES string of the molecule is Cc1ccc(CNC2CC3CC(C2)C3(C)C)cc1. The predicted octanol–water partition coefficient (Wildman–Crippen LogP) is 3.91. The molecule has 0 aliphatic heterocycles. The Morgan fingerprint density at radius 2 is 1.67 bits per heavy atom. The van der Waals surface area contributed by atoms with Crippen LogP contribution in [0.3, 0.4) is 0 Å². The van der Waals surface area contributed by atoms with E-state index in [1.807, 2.05) is 0 Å². The van der Waals surface area contributed by atoms with Crippen molar-refractivity contribution in [3.05, 3.63) is 35.4 Å². The van der Waals surface area contributed by atoms with Crippen LogP contribution in [-0.2, 0) is 6.54 Å². The van der Waals surface area contributed by atoms with Crippen LogP contribution in [0, 0.1) is 24.2 Å². The minimum atomic E-state index is 0.627. The summed E-state index contributed by atoms with van der Waals surface area (Å²) in [5.74, 6) is 1.93. The third kappa shape index (κ3) is 2.09. The Morgan fingerprint density at radius 3 is 2.22 bits per heavy atom. The summed E-state index contributed by atoms with van der Waals surface area (Å²) in [5, 5.41) is 3.76. The number of hydrogen-bond donors (Lipinski definition) is 1. The monoisotopic (exact) mass is 243 g/mol. The number of benzene rings is 1. The van der Waals surface area contributed by atoms with Gasteiger partial charge in [0, 0.05) is 12.6 Å². The highest BCUT2D eigenvalue weighted by atomic mass is 14.9. The molecule has 3 aliphatic carbocycles. The number of fused-ring (bicyclic) bond motifs is 2. The van der Waals surface area contributed by atoms with Crippen molar-refractivity contribution in [2.75, 3.05) is 0 Å². The van der Waals surface area contributed by atoms with Gasteiger partial charge in [0.2, 0.25) is 0 Å². The van der Waals surface area contributed by atoms with Crippen molar-refractivity contribution in [2.45, 2.75) is 52.6 Å². The van der Waals surface area contributed by atoms with Gasteiger partial charge in [-0.3, -0.25) is 0 Å². The molecule has 2 bridgehead atoms. The van der Waals surface area contributed by atoms with E-state index in [1.54, 1.807) is 0 Å². The first-order chi connectivity index (χ1) is 8.55. The van der Waals surface area contributed by atoms with Gasteiger partial charge < -0.3 is 5.32 Å². The van der Waals surface area contributed by atoms with E-state index in [2.05, 4.69) is 50.4 Å². The summed E-state index contributed by atoms with van der Waals surface area (Å²) in [4.78, 5) is 0. The molecular weight excluding hydrogens is 218 g/mol. The maximum absolute atomic E-state index is 3.76. The van der Waals surface area contributed by atoms with Crippen LogP contribution in [0.4, 0.5) is 0 Å². The molecule has 2 unspecified atom stereocenters. The van der Waals surface area contributed by atoms with Gasteiger partial charge in [-0.15, -0.1) is 0 Å². The smallest absolute Gasteiger partial charge is 0.0208 e. The molecule has 1 aromatic rings. The van der Waals surface area contributed by atoms with Crippen LogP contribution in [-0.4, -0.2) is 6.04 Å². The van der Waals surface area contributed by atoms with E-state index in [1.165, 1.54) is 30.4 Å². The van der Waals surface area contributed by atoms with Crippen LogP contribution in [0.15, 0.2) is 24.3 Å². The van der Waals surface area contributed by atoms with Crippen molar-refractivity contribution in [2.24, 2.45) is 17.3 Å². The Morgan fingerprint density at radius 1 is 1.06 bits per heavy atom. The Labute approximate surface area is 111 Å². The van der Waals surface area contributed by atoms with Gasteiger partial charge >= 0.3 is 0 Å². The van der Waals surface area contributed by atoms with Crippen molar-refractivity contribution in [1.29, 1.82) is 0 Å². The van der Waals surface area contributed by atoms with Crippen molar-refractivity contribution >= 4 is 0 Å². The normalized spacial score (nSPS) is 32.9. The Balaban J connectivity index is 1.52. The lowest BCUT2D eigenvalue weighted by molar-refractivity contribution is -0.0787. The van der Waals surface area contributed by atoms with E-state index in [4.69, 9.17) is 0 Å². The van der Waals surface area contributed by atoms with Crippen molar-refractivity contribution in [1.82, 2.24) is 5.32 Å². The van der Waals surface area contributed by atoms with Crippen molar-refractivity contribution in [3.63, 3.8) is 0 Å². The third-order valence-electron chi connectivity index (χ3n) is 5.53. The Hall–Kier alpha value is -0.820. The molecule has 18 heavy (non-hydrogen) atoms. The number of nitrogens with one attached hydrogen (secondary N) is 1. The standard InChI is InChI=1S/C17H25N/c1-12-4-6-13(7-5-12)11-18-16-9-14-8-15(10-16)17(14,2)3/h4-7,14-16,18H,8-11H2,1-3H3. The molecule has 0 amide bonds. The molecule has 0 radical (unpaired) electrons. The van der Waals surface area contributed by atoms with Crippen LogP contribution in [0.2, 0.25) is 0 Å². The van der Waals surface area contributed by atoms with Crippen LogP contribution >= 0.6 is 0 Å². The quantitative estimate of drug-likeness (QED) is 0.848. The second-order valence-electron chi connectivity index (χ2n) is 6.99. The van der Waals surface area contributed by atoms with Gasteiger partial charge in [0.1, 0.15) is 0 Å². The van der Waals surface area contributed by atoms with Crippen LogP contribution in [0.25, 0.3) is 0 Å². The number of aryl methyl sites for hydroxylation is 1. The molecule has 3 fully saturated rings. The lowest BCUT2D eigenvalue weighted by Crippen LogP contribution is -2.55. The summed E-state index contributed by atoms with van der Waals surface area (Å²) in [6, 6.07) is 9.66. The zero-order chi connectivity index (χ0) is 12.8. The highest BCUT2D eigenvalue weighted by Crippen LogP contribution is 2.58. The second kappa shape index (κ2) is 4.38. The molecule has 0 saturated heterocycles. The fourth-order valence-corrected chi connectivity index (χ4v) is 3.84. The van der Waals surface area contributed by atoms with Crippen LogP contribution < -0.4 is 5.32 Å². The van der Waals surface area contributed by atoms with Gasteiger partial charge in [-0.1, -0.05) is 43.7 Å². The minimum absolute atomic E-state index is 0.627. The molecule has 3 saturated carbocycles. The van der Waals surface area contributed by atoms with Gasteiger partial charge in [-0.05, 0) is 49.0 Å². The lowest BCUT2D eigenvalue weighted by atomic mass is 9.48.